The summed E-state index contributed by atoms with van der Waals surface area (Å²) < 4.78 is 10.5. The van der Waals surface area contributed by atoms with Crippen LogP contribution in [0.4, 0.5) is 11.8 Å². The van der Waals surface area contributed by atoms with Crippen molar-refractivity contribution in [2.24, 2.45) is 0 Å². The summed E-state index contributed by atoms with van der Waals surface area (Å²) in [6.45, 7) is 0. The Balaban J connectivity index is 2.54. The van der Waals surface area contributed by atoms with Crippen LogP contribution in [0.5, 0.6) is 11.5 Å². The largest absolute Gasteiger partial charge is 0.497 e. The molecule has 6 heteroatoms. The zero-order chi connectivity index (χ0) is 13.8. The fourth-order valence-corrected chi connectivity index (χ4v) is 1.74. The maximum absolute atomic E-state index is 5.69. The van der Waals surface area contributed by atoms with E-state index in [1.165, 1.54) is 0 Å². The second-order valence-electron chi connectivity index (χ2n) is 3.81. The molecular weight excluding hydrogens is 244 g/mol. The first-order valence-electron chi connectivity index (χ1n) is 5.72. The van der Waals surface area contributed by atoms with E-state index in [-0.39, 0.29) is 5.95 Å². The number of methoxy groups -OCH3 is 2. The molecule has 0 saturated heterocycles. The van der Waals surface area contributed by atoms with Gasteiger partial charge in [0.25, 0.3) is 0 Å². The van der Waals surface area contributed by atoms with Crippen LogP contribution in [0.15, 0.2) is 24.3 Å². The van der Waals surface area contributed by atoms with Crippen LogP contribution < -0.4 is 20.5 Å². The number of hydrogen-bond acceptors (Lipinski definition) is 6. The number of hydrogen-bond donors (Lipinski definition) is 2. The first-order chi connectivity index (χ1) is 9.17. The zero-order valence-electron chi connectivity index (χ0n) is 11.1. The van der Waals surface area contributed by atoms with Crippen LogP contribution in [0.3, 0.4) is 0 Å². The van der Waals surface area contributed by atoms with Crippen LogP contribution in [-0.2, 0) is 0 Å². The number of nitrogens with one attached hydrogen (secondary N) is 1. The summed E-state index contributed by atoms with van der Waals surface area (Å²) >= 11 is 0. The van der Waals surface area contributed by atoms with E-state index < -0.39 is 0 Å². The third kappa shape index (κ3) is 2.67. The molecule has 0 aliphatic heterocycles. The quantitative estimate of drug-likeness (QED) is 0.872. The van der Waals surface area contributed by atoms with E-state index in [4.69, 9.17) is 15.2 Å². The molecule has 0 atom stereocenters. The standard InChI is InChI=1S/C13H16N4O2/c1-15-12-7-10(16-13(14)17-12)9-5-4-8(18-2)6-11(9)19-3/h4-7H,1-3H3,(H3,14,15,16,17). The molecule has 2 rings (SSSR count). The Morgan fingerprint density at radius 3 is 2.53 bits per heavy atom. The fraction of sp³-hybridized carbons (Fsp3) is 0.231. The van der Waals surface area contributed by atoms with Crippen LogP contribution in [0.2, 0.25) is 0 Å². The van der Waals surface area contributed by atoms with Gasteiger partial charge in [0.2, 0.25) is 5.95 Å². The highest BCUT2D eigenvalue weighted by molar-refractivity contribution is 5.71. The smallest absolute Gasteiger partial charge is 0.222 e. The number of nitrogens with zero attached hydrogens (tertiary/aromatic N) is 2. The molecule has 1 aromatic carbocycles. The minimum absolute atomic E-state index is 0.208. The topological polar surface area (TPSA) is 82.3 Å². The minimum Gasteiger partial charge on any atom is -0.497 e. The van der Waals surface area contributed by atoms with Gasteiger partial charge in [0, 0.05) is 24.7 Å². The van der Waals surface area contributed by atoms with Gasteiger partial charge in [-0.1, -0.05) is 0 Å². The van der Waals surface area contributed by atoms with Gasteiger partial charge in [-0.15, -0.1) is 0 Å². The van der Waals surface area contributed by atoms with E-state index in [0.717, 1.165) is 11.3 Å². The molecule has 3 N–H and O–H groups in total. The normalized spacial score (nSPS) is 10.1. The molecule has 0 aliphatic rings. The van der Waals surface area contributed by atoms with E-state index in [9.17, 15) is 0 Å². The fourth-order valence-electron chi connectivity index (χ4n) is 1.74. The Morgan fingerprint density at radius 2 is 1.89 bits per heavy atom. The van der Waals surface area contributed by atoms with E-state index in [1.807, 2.05) is 12.1 Å². The van der Waals surface area contributed by atoms with Crippen molar-refractivity contribution in [1.29, 1.82) is 0 Å². The maximum Gasteiger partial charge on any atom is 0.222 e. The molecule has 6 nitrogen and oxygen atoms in total. The molecule has 0 unspecified atom stereocenters. The SMILES string of the molecule is CNc1cc(-c2ccc(OC)cc2OC)nc(N)n1. The van der Waals surface area contributed by atoms with Crippen LogP contribution in [0.1, 0.15) is 0 Å². The van der Waals surface area contributed by atoms with Crippen molar-refractivity contribution in [3.63, 3.8) is 0 Å². The maximum atomic E-state index is 5.69. The van der Waals surface area contributed by atoms with Gasteiger partial charge in [-0.05, 0) is 12.1 Å². The molecule has 0 bridgehead atoms. The van der Waals surface area contributed by atoms with Gasteiger partial charge in [-0.25, -0.2) is 4.98 Å². The van der Waals surface area contributed by atoms with Crippen molar-refractivity contribution in [1.82, 2.24) is 9.97 Å². The Kier molecular flexibility index (Phi) is 3.70. The lowest BCUT2D eigenvalue weighted by atomic mass is 10.1. The first-order valence-corrected chi connectivity index (χ1v) is 5.72. The lowest BCUT2D eigenvalue weighted by Crippen LogP contribution is -2.01. The summed E-state index contributed by atoms with van der Waals surface area (Å²) in [5.41, 5.74) is 7.21. The highest BCUT2D eigenvalue weighted by atomic mass is 16.5. The summed E-state index contributed by atoms with van der Waals surface area (Å²) in [6, 6.07) is 7.32. The van der Waals surface area contributed by atoms with Crippen molar-refractivity contribution in [3.8, 4) is 22.8 Å². The van der Waals surface area contributed by atoms with E-state index in [1.54, 1.807) is 33.4 Å². The molecule has 0 amide bonds. The summed E-state index contributed by atoms with van der Waals surface area (Å²) in [7, 11) is 4.98. The second-order valence-corrected chi connectivity index (χ2v) is 3.81. The summed E-state index contributed by atoms with van der Waals surface area (Å²) in [4.78, 5) is 8.28. The third-order valence-electron chi connectivity index (χ3n) is 2.68. The molecule has 0 aliphatic carbocycles. The average molecular weight is 260 g/mol. The lowest BCUT2D eigenvalue weighted by Gasteiger charge is -2.11. The number of rotatable bonds is 4. The van der Waals surface area contributed by atoms with Crippen LogP contribution >= 0.6 is 0 Å². The van der Waals surface area contributed by atoms with E-state index >= 15 is 0 Å². The molecular formula is C13H16N4O2. The molecule has 0 spiro atoms. The molecule has 1 aromatic heterocycles. The first kappa shape index (κ1) is 12.9. The predicted molar refractivity (Wildman–Crippen MR) is 74.5 cm³/mol. The van der Waals surface area contributed by atoms with E-state index in [0.29, 0.717) is 17.3 Å². The summed E-state index contributed by atoms with van der Waals surface area (Å²) in [6.07, 6.45) is 0. The molecule has 19 heavy (non-hydrogen) atoms. The Bertz CT molecular complexity index is 587. The van der Waals surface area contributed by atoms with Gasteiger partial charge < -0.3 is 20.5 Å². The van der Waals surface area contributed by atoms with Crippen LogP contribution in [0.25, 0.3) is 11.3 Å². The van der Waals surface area contributed by atoms with Crippen LogP contribution in [-0.4, -0.2) is 31.2 Å². The van der Waals surface area contributed by atoms with Gasteiger partial charge in [-0.2, -0.15) is 4.98 Å². The lowest BCUT2D eigenvalue weighted by molar-refractivity contribution is 0.395. The number of benzene rings is 1. The Hall–Kier alpha value is -2.50. The molecule has 100 valence electrons. The molecule has 2 aromatic rings. The highest BCUT2D eigenvalue weighted by Crippen LogP contribution is 2.33. The van der Waals surface area contributed by atoms with Gasteiger partial charge in [0.05, 0.1) is 19.9 Å². The van der Waals surface area contributed by atoms with Gasteiger partial charge in [-0.3, -0.25) is 0 Å². The Labute approximate surface area is 111 Å². The third-order valence-corrected chi connectivity index (χ3v) is 2.68. The highest BCUT2D eigenvalue weighted by Gasteiger charge is 2.11. The van der Waals surface area contributed by atoms with Crippen molar-refractivity contribution in [2.45, 2.75) is 0 Å². The van der Waals surface area contributed by atoms with Crippen molar-refractivity contribution >= 4 is 11.8 Å². The van der Waals surface area contributed by atoms with Gasteiger partial charge in [0.1, 0.15) is 17.3 Å². The molecule has 0 radical (unpaired) electrons. The Morgan fingerprint density at radius 1 is 1.11 bits per heavy atom. The van der Waals surface area contributed by atoms with Gasteiger partial charge in [0.15, 0.2) is 0 Å². The number of nitrogen functional groups attached to an aromatic ring is 1. The summed E-state index contributed by atoms with van der Waals surface area (Å²) in [5.74, 6) is 2.25. The monoisotopic (exact) mass is 260 g/mol. The van der Waals surface area contributed by atoms with Crippen molar-refractivity contribution in [3.05, 3.63) is 24.3 Å². The average Bonchev–Trinajstić information content (AvgIpc) is 2.45. The molecule has 1 heterocycles. The molecule has 0 saturated carbocycles. The van der Waals surface area contributed by atoms with Crippen molar-refractivity contribution in [2.75, 3.05) is 32.3 Å². The number of aromatic nitrogens is 2. The predicted octanol–water partition coefficient (Wildman–Crippen LogP) is 1.78. The van der Waals surface area contributed by atoms with Crippen LogP contribution in [0, 0.1) is 0 Å². The van der Waals surface area contributed by atoms with Crippen molar-refractivity contribution < 1.29 is 9.47 Å². The second kappa shape index (κ2) is 5.43. The molecule has 0 fully saturated rings. The number of anilines is 2. The number of nitrogens with two attached hydrogens (primary N) is 1. The minimum atomic E-state index is 0.208. The zero-order valence-corrected chi connectivity index (χ0v) is 11.1. The summed E-state index contributed by atoms with van der Waals surface area (Å²) in [5, 5.41) is 2.94. The number of ether oxygens (including phenoxy) is 2. The van der Waals surface area contributed by atoms with Gasteiger partial charge >= 0.3 is 0 Å². The van der Waals surface area contributed by atoms with E-state index in [2.05, 4.69) is 15.3 Å².